The molecular formula is C16H10ClN3. The van der Waals surface area contributed by atoms with Gasteiger partial charge in [0, 0.05) is 10.9 Å². The van der Waals surface area contributed by atoms with Crippen molar-refractivity contribution in [3.8, 4) is 11.4 Å². The van der Waals surface area contributed by atoms with Gasteiger partial charge in [-0.15, -0.1) is 10.2 Å². The first-order valence-corrected chi connectivity index (χ1v) is 6.70. The fourth-order valence-corrected chi connectivity index (χ4v) is 2.73. The van der Waals surface area contributed by atoms with Crippen LogP contribution in [-0.4, -0.2) is 14.6 Å². The van der Waals surface area contributed by atoms with E-state index in [0.29, 0.717) is 5.15 Å². The highest BCUT2D eigenvalue weighted by Crippen LogP contribution is 2.28. The number of benzene rings is 2. The normalized spacial score (nSPS) is 11.2. The van der Waals surface area contributed by atoms with Crippen molar-refractivity contribution in [1.82, 2.24) is 14.6 Å². The molecule has 0 atom stereocenters. The number of nitrogens with zero attached hydrogens (tertiary/aromatic N) is 3. The molecule has 2 aromatic heterocycles. The maximum absolute atomic E-state index is 6.42. The minimum absolute atomic E-state index is 0.613. The van der Waals surface area contributed by atoms with Gasteiger partial charge in [0.1, 0.15) is 5.15 Å². The Kier molecular flexibility index (Phi) is 2.47. The van der Waals surface area contributed by atoms with Crippen LogP contribution >= 0.6 is 11.6 Å². The van der Waals surface area contributed by atoms with Gasteiger partial charge in [-0.25, -0.2) is 0 Å². The summed E-state index contributed by atoms with van der Waals surface area (Å²) < 4.78 is 1.89. The first kappa shape index (κ1) is 11.4. The van der Waals surface area contributed by atoms with Crippen LogP contribution in [0.2, 0.25) is 5.15 Å². The Balaban J connectivity index is 2.13. The van der Waals surface area contributed by atoms with Crippen molar-refractivity contribution in [2.24, 2.45) is 0 Å². The second-order valence-corrected chi connectivity index (χ2v) is 4.99. The molecule has 0 aliphatic heterocycles. The maximum atomic E-state index is 6.42. The second kappa shape index (κ2) is 4.32. The zero-order chi connectivity index (χ0) is 13.5. The molecule has 0 unspecified atom stereocenters. The lowest BCUT2D eigenvalue weighted by Crippen LogP contribution is -1.92. The van der Waals surface area contributed by atoms with Crippen molar-refractivity contribution in [2.75, 3.05) is 0 Å². The van der Waals surface area contributed by atoms with Crippen molar-refractivity contribution in [3.63, 3.8) is 0 Å². The monoisotopic (exact) mass is 279 g/mol. The van der Waals surface area contributed by atoms with E-state index in [0.717, 1.165) is 27.8 Å². The standard InChI is InChI=1S/C16H10ClN3/c17-14-10-12-8-4-5-9-13(12)16-19-18-15(20(14)16)11-6-2-1-3-7-11/h1-10H. The van der Waals surface area contributed by atoms with E-state index in [2.05, 4.69) is 10.2 Å². The Labute approximate surface area is 120 Å². The van der Waals surface area contributed by atoms with Gasteiger partial charge in [-0.2, -0.15) is 0 Å². The summed E-state index contributed by atoms with van der Waals surface area (Å²) in [4.78, 5) is 0. The minimum atomic E-state index is 0.613. The molecule has 20 heavy (non-hydrogen) atoms. The number of fused-ring (bicyclic) bond motifs is 3. The van der Waals surface area contributed by atoms with Gasteiger partial charge in [0.2, 0.25) is 0 Å². The summed E-state index contributed by atoms with van der Waals surface area (Å²) in [5, 5.41) is 11.3. The molecule has 96 valence electrons. The Morgan fingerprint density at radius 3 is 2.45 bits per heavy atom. The molecule has 0 aliphatic carbocycles. The van der Waals surface area contributed by atoms with E-state index < -0.39 is 0 Å². The van der Waals surface area contributed by atoms with Crippen molar-refractivity contribution < 1.29 is 0 Å². The van der Waals surface area contributed by atoms with Crippen LogP contribution in [0.25, 0.3) is 27.8 Å². The van der Waals surface area contributed by atoms with Gasteiger partial charge in [-0.1, -0.05) is 66.2 Å². The highest BCUT2D eigenvalue weighted by atomic mass is 35.5. The van der Waals surface area contributed by atoms with Gasteiger partial charge in [-0.3, -0.25) is 4.40 Å². The van der Waals surface area contributed by atoms with Crippen LogP contribution < -0.4 is 0 Å². The van der Waals surface area contributed by atoms with Crippen LogP contribution in [0.1, 0.15) is 0 Å². The number of aromatic nitrogens is 3. The minimum Gasteiger partial charge on any atom is -0.264 e. The highest BCUT2D eigenvalue weighted by molar-refractivity contribution is 6.31. The lowest BCUT2D eigenvalue weighted by atomic mass is 10.1. The largest absolute Gasteiger partial charge is 0.264 e. The molecule has 4 rings (SSSR count). The van der Waals surface area contributed by atoms with Gasteiger partial charge in [-0.05, 0) is 11.5 Å². The van der Waals surface area contributed by atoms with Gasteiger partial charge in [0.05, 0.1) is 0 Å². The van der Waals surface area contributed by atoms with Crippen LogP contribution in [0.15, 0.2) is 60.7 Å². The number of halogens is 1. The summed E-state index contributed by atoms with van der Waals surface area (Å²) in [5.74, 6) is 0.761. The third kappa shape index (κ3) is 1.60. The maximum Gasteiger partial charge on any atom is 0.170 e. The third-order valence-corrected chi connectivity index (χ3v) is 3.66. The molecule has 0 spiro atoms. The van der Waals surface area contributed by atoms with Gasteiger partial charge >= 0.3 is 0 Å². The fraction of sp³-hybridized carbons (Fsp3) is 0. The van der Waals surface area contributed by atoms with Crippen LogP contribution in [0.5, 0.6) is 0 Å². The van der Waals surface area contributed by atoms with Gasteiger partial charge in [0.15, 0.2) is 11.5 Å². The molecule has 0 saturated carbocycles. The number of pyridine rings is 1. The van der Waals surface area contributed by atoms with Crippen molar-refractivity contribution in [3.05, 3.63) is 65.8 Å². The SMILES string of the molecule is Clc1cc2ccccc2c2nnc(-c3ccccc3)n12. The number of hydrogen-bond acceptors (Lipinski definition) is 2. The second-order valence-electron chi connectivity index (χ2n) is 4.60. The summed E-state index contributed by atoms with van der Waals surface area (Å²) in [7, 11) is 0. The molecule has 0 fully saturated rings. The van der Waals surface area contributed by atoms with E-state index in [1.165, 1.54) is 0 Å². The average Bonchev–Trinajstić information content (AvgIpc) is 2.94. The van der Waals surface area contributed by atoms with E-state index >= 15 is 0 Å². The molecule has 0 radical (unpaired) electrons. The summed E-state index contributed by atoms with van der Waals surface area (Å²) >= 11 is 6.42. The summed E-state index contributed by atoms with van der Waals surface area (Å²) in [6.07, 6.45) is 0. The molecular weight excluding hydrogens is 270 g/mol. The predicted molar refractivity (Wildman–Crippen MR) is 80.9 cm³/mol. The third-order valence-electron chi connectivity index (χ3n) is 3.38. The predicted octanol–water partition coefficient (Wildman–Crippen LogP) is 4.20. The lowest BCUT2D eigenvalue weighted by molar-refractivity contribution is 1.11. The lowest BCUT2D eigenvalue weighted by Gasteiger charge is -2.05. The van der Waals surface area contributed by atoms with Crippen molar-refractivity contribution in [2.45, 2.75) is 0 Å². The molecule has 4 aromatic rings. The molecule has 0 bridgehead atoms. The van der Waals surface area contributed by atoms with Crippen LogP contribution in [0, 0.1) is 0 Å². The first-order valence-electron chi connectivity index (χ1n) is 6.32. The Morgan fingerprint density at radius 1 is 0.850 bits per heavy atom. The highest BCUT2D eigenvalue weighted by Gasteiger charge is 2.13. The molecule has 2 aromatic carbocycles. The van der Waals surface area contributed by atoms with Crippen LogP contribution in [-0.2, 0) is 0 Å². The van der Waals surface area contributed by atoms with Crippen molar-refractivity contribution >= 4 is 28.0 Å². The number of rotatable bonds is 1. The summed E-state index contributed by atoms with van der Waals surface area (Å²) in [6, 6.07) is 19.9. The summed E-state index contributed by atoms with van der Waals surface area (Å²) in [6.45, 7) is 0. The molecule has 0 N–H and O–H groups in total. The average molecular weight is 280 g/mol. The summed E-state index contributed by atoms with van der Waals surface area (Å²) in [5.41, 5.74) is 1.78. The van der Waals surface area contributed by atoms with Gasteiger partial charge < -0.3 is 0 Å². The zero-order valence-electron chi connectivity index (χ0n) is 10.5. The quantitative estimate of drug-likeness (QED) is 0.489. The Morgan fingerprint density at radius 2 is 1.60 bits per heavy atom. The topological polar surface area (TPSA) is 30.2 Å². The molecule has 4 heteroatoms. The van der Waals surface area contributed by atoms with Crippen LogP contribution in [0.4, 0.5) is 0 Å². The smallest absolute Gasteiger partial charge is 0.170 e. The van der Waals surface area contributed by atoms with E-state index in [1.54, 1.807) is 0 Å². The fourth-order valence-electron chi connectivity index (χ4n) is 2.45. The van der Waals surface area contributed by atoms with E-state index in [1.807, 2.05) is 65.1 Å². The number of hydrogen-bond donors (Lipinski definition) is 0. The molecule has 0 amide bonds. The molecule has 0 aliphatic rings. The van der Waals surface area contributed by atoms with E-state index in [9.17, 15) is 0 Å². The molecule has 2 heterocycles. The molecule has 3 nitrogen and oxygen atoms in total. The molecule has 0 saturated heterocycles. The van der Waals surface area contributed by atoms with Crippen molar-refractivity contribution in [1.29, 1.82) is 0 Å². The first-order chi connectivity index (χ1) is 9.84. The van der Waals surface area contributed by atoms with E-state index in [4.69, 9.17) is 11.6 Å². The Bertz CT molecular complexity index is 913. The Hall–Kier alpha value is -2.39. The van der Waals surface area contributed by atoms with Gasteiger partial charge in [0.25, 0.3) is 0 Å². The zero-order valence-corrected chi connectivity index (χ0v) is 11.2. The van der Waals surface area contributed by atoms with Crippen LogP contribution in [0.3, 0.4) is 0 Å². The van der Waals surface area contributed by atoms with E-state index in [-0.39, 0.29) is 0 Å².